The summed E-state index contributed by atoms with van der Waals surface area (Å²) >= 11 is 0. The zero-order chi connectivity index (χ0) is 20.8. The average Bonchev–Trinajstić information content (AvgIpc) is 3.07. The van der Waals surface area contributed by atoms with Gasteiger partial charge in [-0.25, -0.2) is 9.37 Å². The number of benzene rings is 2. The minimum absolute atomic E-state index is 0.114. The zero-order valence-electron chi connectivity index (χ0n) is 17.4. The number of hydrogen-bond donors (Lipinski definition) is 2. The summed E-state index contributed by atoms with van der Waals surface area (Å²) in [7, 11) is 2.02. The van der Waals surface area contributed by atoms with E-state index >= 15 is 0 Å². The van der Waals surface area contributed by atoms with Crippen molar-refractivity contribution in [1.82, 2.24) is 14.9 Å². The number of aryl methyl sites for hydroxylation is 2. The summed E-state index contributed by atoms with van der Waals surface area (Å²) in [6.45, 7) is 4.12. The van der Waals surface area contributed by atoms with Crippen LogP contribution in [0.15, 0.2) is 54.7 Å². The summed E-state index contributed by atoms with van der Waals surface area (Å²) < 4.78 is 15.5. The molecule has 3 aromatic rings. The molecule has 2 aromatic carbocycles. The molecule has 3 rings (SSSR count). The molecule has 4 nitrogen and oxygen atoms in total. The third kappa shape index (κ3) is 5.31. The first-order valence-corrected chi connectivity index (χ1v) is 10.2. The number of halogens is 1. The summed E-state index contributed by atoms with van der Waals surface area (Å²) in [4.78, 5) is 4.56. The van der Waals surface area contributed by atoms with Gasteiger partial charge in [-0.3, -0.25) is 5.41 Å². The van der Waals surface area contributed by atoms with Crippen molar-refractivity contribution in [2.45, 2.75) is 45.6 Å². The van der Waals surface area contributed by atoms with Crippen molar-refractivity contribution < 1.29 is 4.39 Å². The van der Waals surface area contributed by atoms with Crippen LogP contribution in [0.5, 0.6) is 0 Å². The molecular weight excluding hydrogens is 363 g/mol. The Labute approximate surface area is 172 Å². The molecule has 0 radical (unpaired) electrons. The summed E-state index contributed by atoms with van der Waals surface area (Å²) in [5.74, 6) is 1.11. The topological polar surface area (TPSA) is 53.7 Å². The van der Waals surface area contributed by atoms with Gasteiger partial charge in [0.2, 0.25) is 0 Å². The standard InChI is InChI=1S/C24H29FN4/c1-4-6-18-9-11-19(12-10-18)22-16-27-24(29(22)3)14-13-23(26)28-17(2)20-7-5-8-21(25)15-20/h5,7-12,15-17H,4,6,13-14H2,1-3H3,(H2,26,28). The van der Waals surface area contributed by atoms with E-state index in [4.69, 9.17) is 5.41 Å². The monoisotopic (exact) mass is 392 g/mol. The molecule has 1 unspecified atom stereocenters. The molecule has 5 heteroatoms. The summed E-state index contributed by atoms with van der Waals surface area (Å²) in [5, 5.41) is 11.4. The van der Waals surface area contributed by atoms with Crippen molar-refractivity contribution >= 4 is 5.84 Å². The molecule has 0 saturated carbocycles. The maximum atomic E-state index is 13.4. The molecule has 0 aliphatic carbocycles. The second-order valence-electron chi connectivity index (χ2n) is 7.47. The molecule has 0 bridgehead atoms. The fourth-order valence-corrected chi connectivity index (χ4v) is 3.51. The van der Waals surface area contributed by atoms with Gasteiger partial charge in [-0.1, -0.05) is 49.7 Å². The lowest BCUT2D eigenvalue weighted by atomic mass is 10.1. The number of rotatable bonds is 8. The Balaban J connectivity index is 1.59. The van der Waals surface area contributed by atoms with Gasteiger partial charge in [0.1, 0.15) is 11.6 Å². The van der Waals surface area contributed by atoms with Gasteiger partial charge in [-0.05, 0) is 42.2 Å². The lowest BCUT2D eigenvalue weighted by Gasteiger charge is -2.16. The first-order valence-electron chi connectivity index (χ1n) is 10.2. The second-order valence-corrected chi connectivity index (χ2v) is 7.47. The maximum Gasteiger partial charge on any atom is 0.123 e. The SMILES string of the molecule is CCCc1ccc(-c2cnc(CCC(=N)NC(C)c3cccc(F)c3)n2C)cc1. The van der Waals surface area contributed by atoms with E-state index in [1.54, 1.807) is 6.07 Å². The van der Waals surface area contributed by atoms with E-state index in [9.17, 15) is 4.39 Å². The summed E-state index contributed by atoms with van der Waals surface area (Å²) in [6.07, 6.45) is 5.37. The molecule has 1 aromatic heterocycles. The van der Waals surface area contributed by atoms with Gasteiger partial charge in [-0.2, -0.15) is 0 Å². The van der Waals surface area contributed by atoms with Crippen LogP contribution in [-0.4, -0.2) is 15.4 Å². The van der Waals surface area contributed by atoms with Crippen LogP contribution in [-0.2, 0) is 19.9 Å². The van der Waals surface area contributed by atoms with Gasteiger partial charge in [0.25, 0.3) is 0 Å². The Hall–Kier alpha value is -2.95. The van der Waals surface area contributed by atoms with E-state index in [0.717, 1.165) is 35.5 Å². The van der Waals surface area contributed by atoms with Crippen molar-refractivity contribution in [1.29, 1.82) is 5.41 Å². The molecule has 0 aliphatic rings. The number of nitrogens with zero attached hydrogens (tertiary/aromatic N) is 2. The van der Waals surface area contributed by atoms with Crippen molar-refractivity contribution in [3.05, 3.63) is 77.5 Å². The van der Waals surface area contributed by atoms with E-state index in [2.05, 4.69) is 46.1 Å². The maximum absolute atomic E-state index is 13.4. The van der Waals surface area contributed by atoms with Gasteiger partial charge in [0.15, 0.2) is 0 Å². The molecule has 1 heterocycles. The predicted octanol–water partition coefficient (Wildman–Crippen LogP) is 5.44. The van der Waals surface area contributed by atoms with Crippen LogP contribution >= 0.6 is 0 Å². The number of amidine groups is 1. The van der Waals surface area contributed by atoms with Crippen molar-refractivity contribution in [2.75, 3.05) is 0 Å². The van der Waals surface area contributed by atoms with Gasteiger partial charge in [-0.15, -0.1) is 0 Å². The molecule has 152 valence electrons. The highest BCUT2D eigenvalue weighted by atomic mass is 19.1. The molecule has 0 amide bonds. The fraction of sp³-hybridized carbons (Fsp3) is 0.333. The lowest BCUT2D eigenvalue weighted by Crippen LogP contribution is -2.26. The Morgan fingerprint density at radius 2 is 1.93 bits per heavy atom. The Kier molecular flexibility index (Phi) is 6.81. The van der Waals surface area contributed by atoms with Crippen LogP contribution in [0, 0.1) is 11.2 Å². The van der Waals surface area contributed by atoms with E-state index in [-0.39, 0.29) is 11.9 Å². The fourth-order valence-electron chi connectivity index (χ4n) is 3.51. The Morgan fingerprint density at radius 3 is 2.62 bits per heavy atom. The van der Waals surface area contributed by atoms with Gasteiger partial charge >= 0.3 is 0 Å². The molecule has 29 heavy (non-hydrogen) atoms. The lowest BCUT2D eigenvalue weighted by molar-refractivity contribution is 0.616. The van der Waals surface area contributed by atoms with Crippen LogP contribution in [0.4, 0.5) is 4.39 Å². The third-order valence-corrected chi connectivity index (χ3v) is 5.21. The molecule has 0 saturated heterocycles. The van der Waals surface area contributed by atoms with Crippen LogP contribution in [0.25, 0.3) is 11.3 Å². The average molecular weight is 393 g/mol. The van der Waals surface area contributed by atoms with Crippen LogP contribution in [0.2, 0.25) is 0 Å². The zero-order valence-corrected chi connectivity index (χ0v) is 17.4. The van der Waals surface area contributed by atoms with Crippen molar-refractivity contribution in [2.24, 2.45) is 7.05 Å². The van der Waals surface area contributed by atoms with Crippen LogP contribution in [0.1, 0.15) is 49.7 Å². The minimum atomic E-state index is -0.258. The summed E-state index contributed by atoms with van der Waals surface area (Å²) in [5.41, 5.74) is 4.42. The van der Waals surface area contributed by atoms with E-state index in [0.29, 0.717) is 18.7 Å². The molecule has 1 atom stereocenters. The Morgan fingerprint density at radius 1 is 1.17 bits per heavy atom. The van der Waals surface area contributed by atoms with Gasteiger partial charge < -0.3 is 9.88 Å². The molecule has 2 N–H and O–H groups in total. The molecule has 0 fully saturated rings. The van der Waals surface area contributed by atoms with E-state index in [1.807, 2.05) is 26.2 Å². The first-order chi connectivity index (χ1) is 14.0. The number of hydrogen-bond acceptors (Lipinski definition) is 2. The van der Waals surface area contributed by atoms with Gasteiger partial charge in [0.05, 0.1) is 17.7 Å². The molecule has 0 spiro atoms. The van der Waals surface area contributed by atoms with Gasteiger partial charge in [0, 0.05) is 25.9 Å². The number of nitrogens with one attached hydrogen (secondary N) is 2. The Bertz CT molecular complexity index is 959. The molecule has 0 aliphatic heterocycles. The quantitative estimate of drug-likeness (QED) is 0.396. The largest absolute Gasteiger partial charge is 0.367 e. The normalized spacial score (nSPS) is 12.0. The van der Waals surface area contributed by atoms with Crippen LogP contribution < -0.4 is 5.32 Å². The molecular formula is C24H29FN4. The number of aromatic nitrogens is 2. The van der Waals surface area contributed by atoms with Crippen molar-refractivity contribution in [3.8, 4) is 11.3 Å². The summed E-state index contributed by atoms with van der Waals surface area (Å²) in [6, 6.07) is 15.0. The third-order valence-electron chi connectivity index (χ3n) is 5.21. The second kappa shape index (κ2) is 9.50. The smallest absolute Gasteiger partial charge is 0.123 e. The highest BCUT2D eigenvalue weighted by Crippen LogP contribution is 2.21. The highest BCUT2D eigenvalue weighted by molar-refractivity contribution is 5.79. The van der Waals surface area contributed by atoms with Crippen molar-refractivity contribution in [3.63, 3.8) is 0 Å². The first kappa shape index (κ1) is 20.8. The van der Waals surface area contributed by atoms with Crippen LogP contribution in [0.3, 0.4) is 0 Å². The van der Waals surface area contributed by atoms with E-state index < -0.39 is 0 Å². The number of imidazole rings is 1. The predicted molar refractivity (Wildman–Crippen MR) is 117 cm³/mol. The van der Waals surface area contributed by atoms with E-state index in [1.165, 1.54) is 17.7 Å². The highest BCUT2D eigenvalue weighted by Gasteiger charge is 2.12. The minimum Gasteiger partial charge on any atom is -0.367 e.